The lowest BCUT2D eigenvalue weighted by molar-refractivity contribution is -0.384. The molecule has 4 aromatic rings. The van der Waals surface area contributed by atoms with E-state index in [2.05, 4.69) is 6.92 Å². The Morgan fingerprint density at radius 2 is 1.17 bits per heavy atom. The van der Waals surface area contributed by atoms with E-state index in [-0.39, 0.29) is 29.5 Å². The van der Waals surface area contributed by atoms with Gasteiger partial charge in [0.1, 0.15) is 17.8 Å². The minimum absolute atomic E-state index is 0.0876. The molecule has 14 nitrogen and oxygen atoms in total. The van der Waals surface area contributed by atoms with Crippen molar-refractivity contribution in [2.24, 2.45) is 5.92 Å². The molecule has 0 unspecified atom stereocenters. The standard InChI is InChI=1S/C24H26ClN3O5.C23H23ClN2O4/c1-15-10-12-26(13-11-15)20-7-6-16(14-22(20)28(32)33)23(29)27-19(8-9-21(27)24(30)31)17-4-2-3-5-18(17)25;24-18-6-2-1-5-17(18)19-12-13-20(23(29)30)26(19)22(28)15-8-10-16(11-9-15)25-14-4-3-7-21(25)27/h2-7,14-15,19,21H,8-13H2,1H3,(H,30,31);1-2,5-6,8-11,19-20H,3-4,7,12-14H2,(H,29,30)/t19-,21+;19-,20+/m11/s1. The second-order valence-electron chi connectivity index (χ2n) is 16.5. The molecule has 0 aromatic heterocycles. The van der Waals surface area contributed by atoms with Crippen LogP contribution >= 0.6 is 23.2 Å². The Bertz CT molecular complexity index is 2390. The number of amides is 3. The Kier molecular flexibility index (Phi) is 14.0. The lowest BCUT2D eigenvalue weighted by Gasteiger charge is -2.32. The van der Waals surface area contributed by atoms with Crippen LogP contribution in [0.15, 0.2) is 91.0 Å². The first kappa shape index (κ1) is 45.0. The number of hydrogen-bond donors (Lipinski definition) is 2. The molecular weight excluding hydrogens is 849 g/mol. The molecule has 8 rings (SSSR count). The fraction of sp³-hybridized carbons (Fsp3) is 0.383. The highest BCUT2D eigenvalue weighted by Crippen LogP contribution is 2.42. The first-order valence-corrected chi connectivity index (χ1v) is 22.0. The van der Waals surface area contributed by atoms with E-state index < -0.39 is 46.9 Å². The molecule has 4 heterocycles. The molecule has 330 valence electrons. The molecule has 4 aliphatic heterocycles. The second kappa shape index (κ2) is 19.6. The van der Waals surface area contributed by atoms with Crippen LogP contribution in [-0.4, -0.2) is 86.3 Å². The largest absolute Gasteiger partial charge is 0.480 e. The summed E-state index contributed by atoms with van der Waals surface area (Å²) in [5.41, 5.74) is 3.03. The molecule has 0 bridgehead atoms. The molecule has 0 radical (unpaired) electrons. The number of halogens is 2. The number of carbonyl (C=O) groups excluding carboxylic acids is 3. The Morgan fingerprint density at radius 1 is 0.667 bits per heavy atom. The smallest absolute Gasteiger partial charge is 0.326 e. The van der Waals surface area contributed by atoms with Crippen molar-refractivity contribution >= 4 is 69.9 Å². The number of piperidine rings is 2. The molecular formula is C47H49Cl2N5O9. The van der Waals surface area contributed by atoms with Crippen molar-refractivity contribution in [3.05, 3.63) is 133 Å². The average molecular weight is 899 g/mol. The van der Waals surface area contributed by atoms with Crippen LogP contribution in [0.25, 0.3) is 0 Å². The topological polar surface area (TPSA) is 182 Å². The van der Waals surface area contributed by atoms with Crippen LogP contribution in [0, 0.1) is 16.0 Å². The van der Waals surface area contributed by atoms with Crippen molar-refractivity contribution in [2.45, 2.75) is 88.9 Å². The highest BCUT2D eigenvalue weighted by atomic mass is 35.5. The van der Waals surface area contributed by atoms with Crippen LogP contribution in [0.5, 0.6) is 0 Å². The van der Waals surface area contributed by atoms with Gasteiger partial charge in [0, 0.05) is 59.0 Å². The van der Waals surface area contributed by atoms with Gasteiger partial charge in [0.15, 0.2) is 0 Å². The lowest BCUT2D eigenvalue weighted by atomic mass is 9.98. The summed E-state index contributed by atoms with van der Waals surface area (Å²) in [5.74, 6) is -2.36. The number of nitro benzene ring substituents is 1. The summed E-state index contributed by atoms with van der Waals surface area (Å²) in [7, 11) is 0. The number of carboxylic acid groups (broad SMARTS) is 2. The van der Waals surface area contributed by atoms with Crippen molar-refractivity contribution in [1.82, 2.24) is 9.80 Å². The van der Waals surface area contributed by atoms with Gasteiger partial charge in [0.2, 0.25) is 5.91 Å². The van der Waals surface area contributed by atoms with Gasteiger partial charge in [-0.3, -0.25) is 24.5 Å². The molecule has 4 fully saturated rings. The van der Waals surface area contributed by atoms with Crippen molar-refractivity contribution in [1.29, 1.82) is 0 Å². The molecule has 4 atom stereocenters. The molecule has 4 aliphatic rings. The molecule has 16 heteroatoms. The van der Waals surface area contributed by atoms with Gasteiger partial charge in [-0.25, -0.2) is 9.59 Å². The van der Waals surface area contributed by atoms with E-state index in [9.17, 15) is 44.3 Å². The minimum Gasteiger partial charge on any atom is -0.480 e. The van der Waals surface area contributed by atoms with Crippen molar-refractivity contribution in [2.75, 3.05) is 29.4 Å². The first-order chi connectivity index (χ1) is 30.2. The SMILES string of the molecule is CC1CCN(c2ccc(C(=O)N3[C@@H](c4ccccc4Cl)CC[C@H]3C(=O)O)cc2[N+](=O)[O-])CC1.O=C(O)[C@@H]1CC[C@H](c2ccccc2Cl)N1C(=O)c1ccc(N2CCCCC2=O)cc1. The number of aliphatic carboxylic acids is 2. The molecule has 4 saturated heterocycles. The second-order valence-corrected chi connectivity index (χ2v) is 17.4. The summed E-state index contributed by atoms with van der Waals surface area (Å²) < 4.78 is 0. The summed E-state index contributed by atoms with van der Waals surface area (Å²) in [6.45, 7) is 4.28. The molecule has 3 amide bonds. The Morgan fingerprint density at radius 3 is 1.67 bits per heavy atom. The van der Waals surface area contributed by atoms with Crippen LogP contribution in [0.1, 0.15) is 109 Å². The van der Waals surface area contributed by atoms with Crippen LogP contribution < -0.4 is 9.80 Å². The fourth-order valence-corrected chi connectivity index (χ4v) is 9.78. The summed E-state index contributed by atoms with van der Waals surface area (Å²) in [6.07, 6.45) is 5.93. The quantitative estimate of drug-likeness (QED) is 0.121. The Hall–Kier alpha value is -5.99. The zero-order valence-electron chi connectivity index (χ0n) is 34.8. The lowest BCUT2D eigenvalue weighted by Crippen LogP contribution is -2.42. The Labute approximate surface area is 375 Å². The molecule has 0 spiro atoms. The molecule has 2 N–H and O–H groups in total. The monoisotopic (exact) mass is 897 g/mol. The van der Waals surface area contributed by atoms with E-state index in [0.29, 0.717) is 65.0 Å². The van der Waals surface area contributed by atoms with Crippen LogP contribution in [0.2, 0.25) is 10.0 Å². The third kappa shape index (κ3) is 9.67. The van der Waals surface area contributed by atoms with E-state index in [4.69, 9.17) is 23.2 Å². The van der Waals surface area contributed by atoms with Crippen molar-refractivity contribution in [3.8, 4) is 0 Å². The van der Waals surface area contributed by atoms with Crippen LogP contribution in [0.4, 0.5) is 17.1 Å². The maximum absolute atomic E-state index is 13.5. The van der Waals surface area contributed by atoms with Gasteiger partial charge in [0.05, 0.1) is 17.0 Å². The van der Waals surface area contributed by atoms with Crippen LogP contribution in [-0.2, 0) is 14.4 Å². The van der Waals surface area contributed by atoms with Gasteiger partial charge in [-0.2, -0.15) is 0 Å². The van der Waals surface area contributed by atoms with Gasteiger partial charge in [0.25, 0.3) is 17.5 Å². The van der Waals surface area contributed by atoms with E-state index in [1.807, 2.05) is 23.1 Å². The number of benzene rings is 4. The van der Waals surface area contributed by atoms with Gasteiger partial charge < -0.3 is 29.8 Å². The number of anilines is 2. The molecule has 0 saturated carbocycles. The van der Waals surface area contributed by atoms with E-state index >= 15 is 0 Å². The number of likely N-dealkylation sites (tertiary alicyclic amines) is 2. The summed E-state index contributed by atoms with van der Waals surface area (Å²) in [4.78, 5) is 80.7. The number of rotatable bonds is 9. The van der Waals surface area contributed by atoms with E-state index in [0.717, 1.165) is 50.0 Å². The van der Waals surface area contributed by atoms with Gasteiger partial charge >= 0.3 is 11.9 Å². The van der Waals surface area contributed by atoms with Gasteiger partial charge in [-0.1, -0.05) is 66.5 Å². The summed E-state index contributed by atoms with van der Waals surface area (Å²) >= 11 is 12.7. The predicted octanol–water partition coefficient (Wildman–Crippen LogP) is 9.20. The highest BCUT2D eigenvalue weighted by molar-refractivity contribution is 6.31. The summed E-state index contributed by atoms with van der Waals surface area (Å²) in [5, 5.41) is 32.3. The van der Waals surface area contributed by atoms with Crippen molar-refractivity contribution < 1.29 is 39.1 Å². The zero-order valence-corrected chi connectivity index (χ0v) is 36.3. The van der Waals surface area contributed by atoms with E-state index in [1.165, 1.54) is 15.9 Å². The third-order valence-electron chi connectivity index (χ3n) is 12.6. The van der Waals surface area contributed by atoms with Crippen LogP contribution in [0.3, 0.4) is 0 Å². The highest BCUT2D eigenvalue weighted by Gasteiger charge is 2.44. The maximum atomic E-state index is 13.5. The van der Waals surface area contributed by atoms with Gasteiger partial charge in [-0.05, 0) is 117 Å². The predicted molar refractivity (Wildman–Crippen MR) is 238 cm³/mol. The molecule has 63 heavy (non-hydrogen) atoms. The number of hydrogen-bond acceptors (Lipinski definition) is 8. The Balaban J connectivity index is 0.000000190. The fourth-order valence-electron chi connectivity index (χ4n) is 9.26. The number of carboxylic acids is 2. The number of nitro groups is 1. The minimum atomic E-state index is -1.11. The molecule has 4 aromatic carbocycles. The summed E-state index contributed by atoms with van der Waals surface area (Å²) in [6, 6.07) is 22.7. The average Bonchev–Trinajstić information content (AvgIpc) is 3.93. The zero-order chi connectivity index (χ0) is 44.9. The molecule has 0 aliphatic carbocycles. The normalized spacial score (nSPS) is 21.5. The first-order valence-electron chi connectivity index (χ1n) is 21.3. The van der Waals surface area contributed by atoms with Gasteiger partial charge in [-0.15, -0.1) is 0 Å². The number of nitrogens with zero attached hydrogens (tertiary/aromatic N) is 5. The van der Waals surface area contributed by atoms with E-state index in [1.54, 1.807) is 71.6 Å². The van der Waals surface area contributed by atoms with Crippen molar-refractivity contribution in [3.63, 3.8) is 0 Å². The third-order valence-corrected chi connectivity index (χ3v) is 13.3. The maximum Gasteiger partial charge on any atom is 0.326 e. The number of carbonyl (C=O) groups is 5.